The number of para-hydroxylation sites is 1. The molecule has 0 atom stereocenters. The van der Waals surface area contributed by atoms with E-state index < -0.39 is 5.91 Å². The molecule has 4 aromatic rings. The van der Waals surface area contributed by atoms with E-state index >= 15 is 0 Å². The lowest BCUT2D eigenvalue weighted by Gasteiger charge is -2.02. The second-order valence-corrected chi connectivity index (χ2v) is 7.25. The molecule has 0 aliphatic heterocycles. The Hall–Kier alpha value is -3.26. The van der Waals surface area contributed by atoms with Crippen molar-refractivity contribution in [3.05, 3.63) is 66.2 Å². The number of aryl methyl sites for hydroxylation is 1. The summed E-state index contributed by atoms with van der Waals surface area (Å²) in [5, 5.41) is 11.2. The van der Waals surface area contributed by atoms with Gasteiger partial charge in [-0.3, -0.25) is 10.1 Å². The molecule has 148 valence electrons. The van der Waals surface area contributed by atoms with Crippen molar-refractivity contribution in [2.24, 2.45) is 0 Å². The molecule has 4 rings (SSSR count). The summed E-state index contributed by atoms with van der Waals surface area (Å²) in [6.45, 7) is 2.40. The Morgan fingerprint density at radius 3 is 2.79 bits per heavy atom. The van der Waals surface area contributed by atoms with E-state index in [0.29, 0.717) is 30.3 Å². The number of benzene rings is 2. The summed E-state index contributed by atoms with van der Waals surface area (Å²) in [7, 11) is 0. The number of fused-ring (bicyclic) bond motifs is 1. The van der Waals surface area contributed by atoms with Crippen LogP contribution in [0.25, 0.3) is 11.0 Å². The molecule has 2 aromatic carbocycles. The van der Waals surface area contributed by atoms with Crippen LogP contribution in [0.1, 0.15) is 23.4 Å². The van der Waals surface area contributed by atoms with Crippen LogP contribution in [-0.2, 0) is 6.42 Å². The highest BCUT2D eigenvalue weighted by atomic mass is 32.2. The fourth-order valence-corrected chi connectivity index (χ4v) is 3.62. The Bertz CT molecular complexity index is 1110. The van der Waals surface area contributed by atoms with E-state index in [1.807, 2.05) is 37.3 Å². The maximum atomic E-state index is 12.5. The number of amides is 1. The lowest BCUT2D eigenvalue weighted by atomic mass is 10.2. The van der Waals surface area contributed by atoms with Crippen LogP contribution in [0.4, 0.5) is 6.01 Å². The molecule has 1 N–H and O–H groups in total. The molecule has 0 aliphatic carbocycles. The fraction of sp³-hybridized carbons (Fsp3) is 0.190. The van der Waals surface area contributed by atoms with Crippen molar-refractivity contribution in [2.75, 3.05) is 17.7 Å². The Labute approximate surface area is 171 Å². The molecule has 2 heterocycles. The molecule has 0 radical (unpaired) electrons. The molecule has 0 saturated carbocycles. The molecule has 0 bridgehead atoms. The first-order valence-electron chi connectivity index (χ1n) is 9.20. The Balaban J connectivity index is 1.37. The van der Waals surface area contributed by atoms with Gasteiger partial charge in [0.1, 0.15) is 0 Å². The van der Waals surface area contributed by atoms with Gasteiger partial charge in [0.2, 0.25) is 5.89 Å². The molecule has 7 nitrogen and oxygen atoms in total. The van der Waals surface area contributed by atoms with Gasteiger partial charge < -0.3 is 13.6 Å². The predicted octanol–water partition coefficient (Wildman–Crippen LogP) is 4.80. The molecule has 8 heteroatoms. The van der Waals surface area contributed by atoms with E-state index in [0.717, 1.165) is 11.1 Å². The van der Waals surface area contributed by atoms with Gasteiger partial charge in [0.15, 0.2) is 17.1 Å². The zero-order valence-corrected chi connectivity index (χ0v) is 16.6. The Kier molecular flexibility index (Phi) is 5.81. The lowest BCUT2D eigenvalue weighted by molar-refractivity contribution is 0.0995. The molecule has 0 fully saturated rings. The van der Waals surface area contributed by atoms with Crippen molar-refractivity contribution in [1.29, 1.82) is 0 Å². The van der Waals surface area contributed by atoms with E-state index in [1.165, 1.54) is 4.90 Å². The number of nitrogens with one attached hydrogen (secondary N) is 1. The van der Waals surface area contributed by atoms with Gasteiger partial charge in [0.25, 0.3) is 5.91 Å². The minimum Gasteiger partial charge on any atom is -0.490 e. The minimum atomic E-state index is -0.461. The quantitative estimate of drug-likeness (QED) is 0.418. The first kappa shape index (κ1) is 19.1. The topological polar surface area (TPSA) is 90.4 Å². The SMILES string of the molecule is CCOc1cccc2cc(C(=O)Nc3nnc(CCSc4ccccc4)o3)oc12. The fourth-order valence-electron chi connectivity index (χ4n) is 2.75. The number of carbonyl (C=O) groups excluding carboxylic acids is 1. The predicted molar refractivity (Wildman–Crippen MR) is 111 cm³/mol. The van der Waals surface area contributed by atoms with Gasteiger partial charge in [-0.2, -0.15) is 0 Å². The highest BCUT2D eigenvalue weighted by Gasteiger charge is 2.17. The summed E-state index contributed by atoms with van der Waals surface area (Å²) in [5.41, 5.74) is 0.531. The van der Waals surface area contributed by atoms with Crippen LogP contribution in [0.15, 0.2) is 68.3 Å². The van der Waals surface area contributed by atoms with Gasteiger partial charge in [0.05, 0.1) is 6.61 Å². The highest BCUT2D eigenvalue weighted by molar-refractivity contribution is 7.99. The maximum absolute atomic E-state index is 12.5. The third kappa shape index (κ3) is 4.60. The molecule has 0 aliphatic rings. The standard InChI is InChI=1S/C21H19N3O4S/c1-2-26-16-10-6-7-14-13-17(27-19(14)16)20(25)22-21-24-23-18(28-21)11-12-29-15-8-4-3-5-9-15/h3-10,13H,2,11-12H2,1H3,(H,22,24,25). The number of hydrogen-bond acceptors (Lipinski definition) is 7. The number of hydrogen-bond donors (Lipinski definition) is 1. The second kappa shape index (κ2) is 8.83. The number of thioether (sulfide) groups is 1. The van der Waals surface area contributed by atoms with E-state index in [2.05, 4.69) is 27.6 Å². The molecular weight excluding hydrogens is 390 g/mol. The van der Waals surface area contributed by atoms with E-state index in [1.54, 1.807) is 23.9 Å². The Morgan fingerprint density at radius 2 is 1.97 bits per heavy atom. The van der Waals surface area contributed by atoms with Crippen molar-refractivity contribution in [1.82, 2.24) is 10.2 Å². The summed E-state index contributed by atoms with van der Waals surface area (Å²) in [5.74, 6) is 1.54. The summed E-state index contributed by atoms with van der Waals surface area (Å²) in [6, 6.07) is 17.3. The van der Waals surface area contributed by atoms with Crippen molar-refractivity contribution in [3.8, 4) is 5.75 Å². The number of carbonyl (C=O) groups is 1. The third-order valence-electron chi connectivity index (χ3n) is 4.05. The van der Waals surface area contributed by atoms with Crippen LogP contribution in [-0.4, -0.2) is 28.5 Å². The van der Waals surface area contributed by atoms with Crippen molar-refractivity contribution >= 4 is 34.7 Å². The maximum Gasteiger partial charge on any atom is 0.322 e. The average molecular weight is 409 g/mol. The zero-order chi connectivity index (χ0) is 20.1. The molecule has 0 spiro atoms. The third-order valence-corrected chi connectivity index (χ3v) is 5.06. The van der Waals surface area contributed by atoms with Crippen molar-refractivity contribution in [3.63, 3.8) is 0 Å². The van der Waals surface area contributed by atoms with Gasteiger partial charge >= 0.3 is 6.01 Å². The van der Waals surface area contributed by atoms with Crippen LogP contribution < -0.4 is 10.1 Å². The van der Waals surface area contributed by atoms with Crippen molar-refractivity contribution < 1.29 is 18.4 Å². The monoisotopic (exact) mass is 409 g/mol. The van der Waals surface area contributed by atoms with E-state index in [-0.39, 0.29) is 11.8 Å². The van der Waals surface area contributed by atoms with Crippen molar-refractivity contribution in [2.45, 2.75) is 18.2 Å². The van der Waals surface area contributed by atoms with Gasteiger partial charge in [-0.05, 0) is 31.2 Å². The van der Waals surface area contributed by atoms with Crippen LogP contribution in [0.2, 0.25) is 0 Å². The molecule has 2 aromatic heterocycles. The first-order chi connectivity index (χ1) is 14.2. The van der Waals surface area contributed by atoms with Gasteiger partial charge in [0, 0.05) is 22.5 Å². The molecule has 29 heavy (non-hydrogen) atoms. The van der Waals surface area contributed by atoms with Crippen LogP contribution in [0.3, 0.4) is 0 Å². The second-order valence-electron chi connectivity index (χ2n) is 6.08. The highest BCUT2D eigenvalue weighted by Crippen LogP contribution is 2.29. The largest absolute Gasteiger partial charge is 0.490 e. The molecular formula is C21H19N3O4S. The minimum absolute atomic E-state index is 0.0419. The van der Waals surface area contributed by atoms with Crippen LogP contribution >= 0.6 is 11.8 Å². The zero-order valence-electron chi connectivity index (χ0n) is 15.8. The Morgan fingerprint density at radius 1 is 1.10 bits per heavy atom. The molecule has 0 unspecified atom stereocenters. The number of aromatic nitrogens is 2. The first-order valence-corrected chi connectivity index (χ1v) is 10.2. The van der Waals surface area contributed by atoms with Gasteiger partial charge in [-0.1, -0.05) is 35.4 Å². The lowest BCUT2D eigenvalue weighted by Crippen LogP contribution is -2.11. The number of anilines is 1. The number of rotatable bonds is 8. The smallest absolute Gasteiger partial charge is 0.322 e. The summed E-state index contributed by atoms with van der Waals surface area (Å²) in [6.07, 6.45) is 0.602. The number of ether oxygens (including phenoxy) is 1. The van der Waals surface area contributed by atoms with Crippen LogP contribution in [0, 0.1) is 0 Å². The normalized spacial score (nSPS) is 10.9. The average Bonchev–Trinajstić information content (AvgIpc) is 3.36. The van der Waals surface area contributed by atoms with Gasteiger partial charge in [-0.15, -0.1) is 16.9 Å². The summed E-state index contributed by atoms with van der Waals surface area (Å²) < 4.78 is 16.7. The molecule has 1 amide bonds. The van der Waals surface area contributed by atoms with E-state index in [4.69, 9.17) is 13.6 Å². The van der Waals surface area contributed by atoms with E-state index in [9.17, 15) is 4.79 Å². The number of furan rings is 1. The number of nitrogens with zero attached hydrogens (tertiary/aromatic N) is 2. The van der Waals surface area contributed by atoms with Crippen LogP contribution in [0.5, 0.6) is 5.75 Å². The van der Waals surface area contributed by atoms with Gasteiger partial charge in [-0.25, -0.2) is 0 Å². The summed E-state index contributed by atoms with van der Waals surface area (Å²) in [4.78, 5) is 13.7. The molecule has 0 saturated heterocycles. The summed E-state index contributed by atoms with van der Waals surface area (Å²) >= 11 is 1.70.